The van der Waals surface area contributed by atoms with Crippen molar-refractivity contribution in [1.82, 2.24) is 4.90 Å². The third-order valence-corrected chi connectivity index (χ3v) is 5.01. The predicted molar refractivity (Wildman–Crippen MR) is 97.0 cm³/mol. The number of allylic oxidation sites excluding steroid dienone is 4. The topological polar surface area (TPSA) is 23.5 Å². The molecule has 0 aliphatic carbocycles. The fourth-order valence-corrected chi connectivity index (χ4v) is 3.55. The van der Waals surface area contributed by atoms with E-state index in [1.807, 2.05) is 0 Å². The second kappa shape index (κ2) is 7.91. The van der Waals surface area contributed by atoms with E-state index in [0.717, 1.165) is 36.4 Å². The Bertz CT molecular complexity index is 570. The number of hydrogen-bond donors (Lipinski definition) is 1. The molecule has 1 aromatic heterocycles. The van der Waals surface area contributed by atoms with Gasteiger partial charge in [-0.25, -0.2) is 0 Å². The minimum absolute atomic E-state index is 0.102. The summed E-state index contributed by atoms with van der Waals surface area (Å²) in [6.45, 7) is 11.0. The lowest BCUT2D eigenvalue weighted by atomic mass is 9.88. The van der Waals surface area contributed by atoms with Crippen molar-refractivity contribution in [2.45, 2.75) is 33.3 Å². The van der Waals surface area contributed by atoms with Gasteiger partial charge in [0, 0.05) is 18.0 Å². The molecular formula is C19H27NOS. The van der Waals surface area contributed by atoms with Gasteiger partial charge < -0.3 is 10.0 Å². The summed E-state index contributed by atoms with van der Waals surface area (Å²) >= 11 is 1.62. The molecule has 2 rings (SSSR count). The smallest absolute Gasteiger partial charge is 0.0780 e. The highest BCUT2D eigenvalue weighted by molar-refractivity contribution is 7.10. The fourth-order valence-electron chi connectivity index (χ4n) is 2.81. The molecule has 0 aromatic carbocycles. The molecule has 1 aromatic rings. The average molecular weight is 317 g/mol. The summed E-state index contributed by atoms with van der Waals surface area (Å²) in [6.07, 6.45) is 6.51. The quantitative estimate of drug-likeness (QED) is 0.809. The number of hydrogen-bond acceptors (Lipinski definition) is 3. The Morgan fingerprint density at radius 2 is 2.09 bits per heavy atom. The molecule has 0 unspecified atom stereocenters. The molecule has 0 amide bonds. The number of piperidine rings is 1. The SMILES string of the molecule is C=C(/C=C\C(C)C)C(=C1CCN(C)CC1)c1ccsc1CO. The second-order valence-electron chi connectivity index (χ2n) is 6.33. The summed E-state index contributed by atoms with van der Waals surface area (Å²) in [7, 11) is 2.17. The van der Waals surface area contributed by atoms with E-state index in [-0.39, 0.29) is 6.61 Å². The van der Waals surface area contributed by atoms with Crippen molar-refractivity contribution in [3.05, 3.63) is 51.8 Å². The lowest BCUT2D eigenvalue weighted by Gasteiger charge is -2.27. The molecule has 3 heteroatoms. The highest BCUT2D eigenvalue weighted by Gasteiger charge is 2.19. The molecular weight excluding hydrogens is 290 g/mol. The maximum atomic E-state index is 9.63. The molecule has 1 N–H and O–H groups in total. The van der Waals surface area contributed by atoms with Crippen LogP contribution in [0.3, 0.4) is 0 Å². The Kier molecular flexibility index (Phi) is 6.18. The van der Waals surface area contributed by atoms with Crippen LogP contribution in [0.25, 0.3) is 5.57 Å². The van der Waals surface area contributed by atoms with Crippen molar-refractivity contribution in [3.63, 3.8) is 0 Å². The van der Waals surface area contributed by atoms with Crippen molar-refractivity contribution < 1.29 is 5.11 Å². The van der Waals surface area contributed by atoms with Gasteiger partial charge in [-0.1, -0.05) is 38.2 Å². The summed E-state index contributed by atoms with van der Waals surface area (Å²) in [5.74, 6) is 0.514. The molecule has 0 bridgehead atoms. The number of likely N-dealkylation sites (tertiary alicyclic amines) is 1. The van der Waals surface area contributed by atoms with E-state index in [1.165, 1.54) is 16.7 Å². The molecule has 0 spiro atoms. The molecule has 0 atom stereocenters. The van der Waals surface area contributed by atoms with Gasteiger partial charge in [0.15, 0.2) is 0 Å². The molecule has 1 fully saturated rings. The van der Waals surface area contributed by atoms with E-state index in [1.54, 1.807) is 11.3 Å². The normalized spacial score (nSPS) is 16.7. The average Bonchev–Trinajstić information content (AvgIpc) is 2.95. The summed E-state index contributed by atoms with van der Waals surface area (Å²) in [5, 5.41) is 11.7. The zero-order valence-electron chi connectivity index (χ0n) is 13.9. The number of rotatable bonds is 5. The van der Waals surface area contributed by atoms with Crippen molar-refractivity contribution in [3.8, 4) is 0 Å². The van der Waals surface area contributed by atoms with Gasteiger partial charge in [0.1, 0.15) is 0 Å². The van der Waals surface area contributed by atoms with Gasteiger partial charge in [-0.05, 0) is 54.0 Å². The van der Waals surface area contributed by atoms with E-state index in [4.69, 9.17) is 0 Å². The van der Waals surface area contributed by atoms with E-state index < -0.39 is 0 Å². The van der Waals surface area contributed by atoms with Gasteiger partial charge in [-0.2, -0.15) is 0 Å². The Morgan fingerprint density at radius 3 is 2.68 bits per heavy atom. The van der Waals surface area contributed by atoms with Crippen molar-refractivity contribution in [2.24, 2.45) is 5.92 Å². The van der Waals surface area contributed by atoms with Crippen LogP contribution in [0.5, 0.6) is 0 Å². The van der Waals surface area contributed by atoms with Crippen LogP contribution in [0.2, 0.25) is 0 Å². The monoisotopic (exact) mass is 317 g/mol. The second-order valence-corrected chi connectivity index (χ2v) is 7.33. The van der Waals surface area contributed by atoms with Crippen LogP contribution in [-0.4, -0.2) is 30.1 Å². The maximum Gasteiger partial charge on any atom is 0.0780 e. The zero-order valence-corrected chi connectivity index (χ0v) is 14.7. The zero-order chi connectivity index (χ0) is 16.1. The van der Waals surface area contributed by atoms with Gasteiger partial charge >= 0.3 is 0 Å². The van der Waals surface area contributed by atoms with Crippen LogP contribution in [0.15, 0.2) is 41.3 Å². The Balaban J connectivity index is 2.41. The first-order chi connectivity index (χ1) is 10.5. The molecule has 1 saturated heterocycles. The van der Waals surface area contributed by atoms with Crippen LogP contribution in [0.1, 0.15) is 37.1 Å². The highest BCUT2D eigenvalue weighted by Crippen LogP contribution is 2.36. The van der Waals surface area contributed by atoms with Gasteiger partial charge in [0.05, 0.1) is 6.61 Å². The van der Waals surface area contributed by atoms with E-state index in [0.29, 0.717) is 5.92 Å². The lowest BCUT2D eigenvalue weighted by molar-refractivity contribution is 0.285. The minimum Gasteiger partial charge on any atom is -0.391 e. The van der Waals surface area contributed by atoms with Crippen LogP contribution in [0, 0.1) is 5.92 Å². The van der Waals surface area contributed by atoms with Crippen LogP contribution in [0.4, 0.5) is 0 Å². The summed E-state index contributed by atoms with van der Waals surface area (Å²) in [5.41, 5.74) is 4.98. The van der Waals surface area contributed by atoms with E-state index in [2.05, 4.69) is 56.0 Å². The van der Waals surface area contributed by atoms with E-state index in [9.17, 15) is 5.11 Å². The molecule has 1 aliphatic rings. The number of aliphatic hydroxyl groups is 1. The number of nitrogens with zero attached hydrogens (tertiary/aromatic N) is 1. The van der Waals surface area contributed by atoms with Crippen molar-refractivity contribution >= 4 is 16.9 Å². The van der Waals surface area contributed by atoms with Gasteiger partial charge in [-0.15, -0.1) is 11.3 Å². The molecule has 2 heterocycles. The molecule has 22 heavy (non-hydrogen) atoms. The summed E-state index contributed by atoms with van der Waals surface area (Å²) in [4.78, 5) is 3.41. The first-order valence-electron chi connectivity index (χ1n) is 7.98. The Morgan fingerprint density at radius 1 is 1.41 bits per heavy atom. The minimum atomic E-state index is 0.102. The largest absolute Gasteiger partial charge is 0.391 e. The van der Waals surface area contributed by atoms with Gasteiger partial charge in [0.2, 0.25) is 0 Å². The number of aliphatic hydroxyl groups excluding tert-OH is 1. The molecule has 0 saturated carbocycles. The first-order valence-corrected chi connectivity index (χ1v) is 8.86. The maximum absolute atomic E-state index is 9.63. The fraction of sp³-hybridized carbons (Fsp3) is 0.474. The third kappa shape index (κ3) is 4.19. The van der Waals surface area contributed by atoms with Crippen molar-refractivity contribution in [1.29, 1.82) is 0 Å². The van der Waals surface area contributed by atoms with Crippen LogP contribution < -0.4 is 0 Å². The highest BCUT2D eigenvalue weighted by atomic mass is 32.1. The van der Waals surface area contributed by atoms with Crippen molar-refractivity contribution in [2.75, 3.05) is 20.1 Å². The van der Waals surface area contributed by atoms with Gasteiger partial charge in [-0.3, -0.25) is 0 Å². The molecule has 2 nitrogen and oxygen atoms in total. The number of thiophene rings is 1. The molecule has 1 aliphatic heterocycles. The predicted octanol–water partition coefficient (Wildman–Crippen LogP) is 4.49. The summed E-state index contributed by atoms with van der Waals surface area (Å²) < 4.78 is 0. The Hall–Kier alpha value is -1.16. The first kappa shape index (κ1) is 17.2. The van der Waals surface area contributed by atoms with E-state index >= 15 is 0 Å². The Labute approximate surface area is 138 Å². The molecule has 120 valence electrons. The standard InChI is InChI=1S/C19H27NOS/c1-14(2)5-6-15(3)19(16-7-10-20(4)11-8-16)17-9-12-22-18(17)13-21/h5-6,9,12,14,21H,3,7-8,10-11,13H2,1-2,4H3/b6-5-. The summed E-state index contributed by atoms with van der Waals surface area (Å²) in [6, 6.07) is 2.13. The van der Waals surface area contributed by atoms with Crippen LogP contribution in [-0.2, 0) is 6.61 Å². The van der Waals surface area contributed by atoms with Gasteiger partial charge in [0.25, 0.3) is 0 Å². The third-order valence-electron chi connectivity index (χ3n) is 4.11. The van der Waals surface area contributed by atoms with Crippen LogP contribution >= 0.6 is 11.3 Å². The lowest BCUT2D eigenvalue weighted by Crippen LogP contribution is -2.27. The molecule has 0 radical (unpaired) electrons.